The minimum atomic E-state index is -1.07. The smallest absolute Gasteiger partial charge is 0.338 e. The predicted molar refractivity (Wildman–Crippen MR) is 187 cm³/mol. The SMILES string of the molecule is C=C1C=C2CCC3C(CCC4(C)C(OC(=O)c5ccc(-c6noc(C)c6C(=O)NC6C(=O)N7C6SC(C)(C)C7C(=O)O)cc5)CCC34)C2CC1. The lowest BCUT2D eigenvalue weighted by Crippen LogP contribution is -2.70. The molecule has 3 saturated carbocycles. The number of amides is 2. The Labute approximate surface area is 296 Å². The summed E-state index contributed by atoms with van der Waals surface area (Å²) in [5.74, 6) is 0.604. The average Bonchev–Trinajstić information content (AvgIpc) is 3.71. The lowest BCUT2D eigenvalue weighted by atomic mass is 9.52. The number of carboxylic acid groups (broad SMARTS) is 1. The molecule has 3 heterocycles. The summed E-state index contributed by atoms with van der Waals surface area (Å²) in [6.07, 6.45) is 11.3. The van der Waals surface area contributed by atoms with E-state index < -0.39 is 40.0 Å². The van der Waals surface area contributed by atoms with Crippen molar-refractivity contribution in [1.29, 1.82) is 0 Å². The number of β-lactam (4-membered cyclic amide) rings is 1. The van der Waals surface area contributed by atoms with Gasteiger partial charge in [0, 0.05) is 15.7 Å². The fourth-order valence-electron chi connectivity index (χ4n) is 10.6. The van der Waals surface area contributed by atoms with Gasteiger partial charge in [-0.05, 0) is 108 Å². The van der Waals surface area contributed by atoms with Crippen molar-refractivity contribution < 1.29 is 33.5 Å². The molecule has 10 nitrogen and oxygen atoms in total. The number of carboxylic acids is 1. The third-order valence-electron chi connectivity index (χ3n) is 13.0. The number of thioether (sulfide) groups is 1. The zero-order chi connectivity index (χ0) is 35.3. The number of nitrogens with one attached hydrogen (secondary N) is 1. The van der Waals surface area contributed by atoms with Crippen LogP contribution < -0.4 is 5.32 Å². The average molecular weight is 700 g/mol. The van der Waals surface area contributed by atoms with E-state index in [0.717, 1.165) is 31.6 Å². The van der Waals surface area contributed by atoms with Gasteiger partial charge in [-0.3, -0.25) is 9.59 Å². The van der Waals surface area contributed by atoms with Crippen LogP contribution >= 0.6 is 11.8 Å². The van der Waals surface area contributed by atoms with E-state index in [9.17, 15) is 24.3 Å². The first kappa shape index (κ1) is 33.3. The molecule has 4 aliphatic carbocycles. The van der Waals surface area contributed by atoms with E-state index in [2.05, 4.69) is 30.1 Å². The van der Waals surface area contributed by atoms with Crippen LogP contribution in [0.15, 0.2) is 52.6 Å². The minimum Gasteiger partial charge on any atom is -0.480 e. The monoisotopic (exact) mass is 699 g/mol. The second-order valence-corrected chi connectivity index (χ2v) is 17.9. The molecule has 50 heavy (non-hydrogen) atoms. The Morgan fingerprint density at radius 3 is 2.56 bits per heavy atom. The molecule has 0 radical (unpaired) electrons. The van der Waals surface area contributed by atoms with Gasteiger partial charge in [-0.1, -0.05) is 48.0 Å². The zero-order valence-electron chi connectivity index (χ0n) is 29.1. The quantitative estimate of drug-likeness (QED) is 0.254. The number of aromatic nitrogens is 1. The highest BCUT2D eigenvalue weighted by Gasteiger charge is 2.64. The van der Waals surface area contributed by atoms with Crippen LogP contribution in [0.4, 0.5) is 0 Å². The third kappa shape index (κ3) is 5.08. The maximum atomic E-state index is 13.5. The lowest BCUT2D eigenvalue weighted by molar-refractivity contribution is -0.159. The molecule has 2 N–H and O–H groups in total. The zero-order valence-corrected chi connectivity index (χ0v) is 29.9. The normalized spacial score (nSPS) is 35.2. The first-order chi connectivity index (χ1) is 23.8. The predicted octanol–water partition coefficient (Wildman–Crippen LogP) is 6.55. The van der Waals surface area contributed by atoms with Gasteiger partial charge in [-0.15, -0.1) is 11.8 Å². The summed E-state index contributed by atoms with van der Waals surface area (Å²) in [5.41, 5.74) is 4.38. The molecule has 0 bridgehead atoms. The van der Waals surface area contributed by atoms with Crippen molar-refractivity contribution >= 4 is 35.5 Å². The van der Waals surface area contributed by atoms with Gasteiger partial charge in [0.1, 0.15) is 40.6 Å². The topological polar surface area (TPSA) is 139 Å². The van der Waals surface area contributed by atoms with Crippen LogP contribution in [-0.2, 0) is 14.3 Å². The van der Waals surface area contributed by atoms with E-state index in [-0.39, 0.29) is 28.8 Å². The third-order valence-corrected chi connectivity index (χ3v) is 14.6. The highest BCUT2D eigenvalue weighted by Crippen LogP contribution is 2.62. The molecule has 11 heteroatoms. The van der Waals surface area contributed by atoms with Crippen LogP contribution in [0.1, 0.15) is 98.6 Å². The highest BCUT2D eigenvalue weighted by atomic mass is 32.2. The van der Waals surface area contributed by atoms with Gasteiger partial charge in [-0.2, -0.15) is 0 Å². The molecular weight excluding hydrogens is 655 g/mol. The van der Waals surface area contributed by atoms with Crippen molar-refractivity contribution in [3.8, 4) is 11.3 Å². The highest BCUT2D eigenvalue weighted by molar-refractivity contribution is 8.01. The van der Waals surface area contributed by atoms with Crippen LogP contribution in [0.2, 0.25) is 0 Å². The van der Waals surface area contributed by atoms with Gasteiger partial charge in [0.05, 0.1) is 5.56 Å². The summed E-state index contributed by atoms with van der Waals surface area (Å²) in [7, 11) is 0. The van der Waals surface area contributed by atoms with E-state index in [1.807, 2.05) is 0 Å². The molecule has 264 valence electrons. The van der Waals surface area contributed by atoms with Gasteiger partial charge in [0.15, 0.2) is 0 Å². The second kappa shape index (κ2) is 11.9. The molecule has 9 atom stereocenters. The first-order valence-electron chi connectivity index (χ1n) is 18.0. The Balaban J connectivity index is 0.930. The molecule has 5 fully saturated rings. The molecule has 6 aliphatic rings. The number of nitrogens with zero attached hydrogens (tertiary/aromatic N) is 2. The fraction of sp³-hybridized carbons (Fsp3) is 0.564. The molecular formula is C39H45N3O7S. The van der Waals surface area contributed by atoms with Crippen molar-refractivity contribution in [3.63, 3.8) is 0 Å². The van der Waals surface area contributed by atoms with E-state index in [1.54, 1.807) is 50.6 Å². The van der Waals surface area contributed by atoms with Crippen LogP contribution in [0, 0.1) is 36.0 Å². The standard InChI is InChI=1S/C39H45N3O7S/c1-19-6-12-24-23(18-19)11-13-26-25(24)16-17-39(5)27(26)14-15-28(39)48-37(47)22-9-7-21(8-10-22)30-29(20(2)49-41-30)33(43)40-31-34(44)42-32(36(45)46)38(3,4)50-35(31)42/h7-10,18,24-28,31-32,35H,1,6,11-17H2,2-5H3,(H,40,43)(H,45,46). The summed E-state index contributed by atoms with van der Waals surface area (Å²) < 4.78 is 11.0. The number of carbonyl (C=O) groups is 4. The van der Waals surface area contributed by atoms with E-state index in [1.165, 1.54) is 47.9 Å². The van der Waals surface area contributed by atoms with Gasteiger partial charge >= 0.3 is 11.9 Å². The van der Waals surface area contributed by atoms with Crippen molar-refractivity contribution in [2.45, 2.75) is 107 Å². The molecule has 0 spiro atoms. The number of fused-ring (bicyclic) bond motifs is 6. The van der Waals surface area contributed by atoms with Crippen molar-refractivity contribution in [2.24, 2.45) is 29.1 Å². The van der Waals surface area contributed by atoms with Gasteiger partial charge in [0.25, 0.3) is 5.91 Å². The second-order valence-electron chi connectivity index (χ2n) is 16.1. The summed E-state index contributed by atoms with van der Waals surface area (Å²) in [4.78, 5) is 53.3. The van der Waals surface area contributed by atoms with Gasteiger partial charge in [0.2, 0.25) is 5.91 Å². The summed E-state index contributed by atoms with van der Waals surface area (Å²) in [6, 6.07) is 5.01. The van der Waals surface area contributed by atoms with Crippen LogP contribution in [0.5, 0.6) is 0 Å². The van der Waals surface area contributed by atoms with E-state index in [4.69, 9.17) is 9.26 Å². The Kier molecular flexibility index (Phi) is 7.89. The Morgan fingerprint density at radius 1 is 1.06 bits per heavy atom. The summed E-state index contributed by atoms with van der Waals surface area (Å²) >= 11 is 1.36. The van der Waals surface area contributed by atoms with Crippen LogP contribution in [0.25, 0.3) is 11.3 Å². The maximum Gasteiger partial charge on any atom is 0.338 e. The number of hydrogen-bond acceptors (Lipinski definition) is 8. The van der Waals surface area contributed by atoms with Crippen LogP contribution in [-0.4, -0.2) is 67.2 Å². The Morgan fingerprint density at radius 2 is 1.82 bits per heavy atom. The molecule has 9 unspecified atom stereocenters. The minimum absolute atomic E-state index is 0.0170. The van der Waals surface area contributed by atoms with Gasteiger partial charge in [-0.25, -0.2) is 9.59 Å². The Hall–Kier alpha value is -3.86. The molecule has 1 aromatic carbocycles. The van der Waals surface area contributed by atoms with Crippen LogP contribution in [0.3, 0.4) is 0 Å². The number of allylic oxidation sites excluding steroid dienone is 3. The number of aliphatic carboxylic acids is 1. The van der Waals surface area contributed by atoms with Crippen molar-refractivity contribution in [1.82, 2.24) is 15.4 Å². The summed E-state index contributed by atoms with van der Waals surface area (Å²) in [6.45, 7) is 11.8. The number of rotatable bonds is 6. The fourth-order valence-corrected chi connectivity index (χ4v) is 12.2. The van der Waals surface area contributed by atoms with E-state index in [0.29, 0.717) is 34.6 Å². The van der Waals surface area contributed by atoms with Gasteiger partial charge < -0.3 is 24.6 Å². The largest absolute Gasteiger partial charge is 0.480 e. The number of ether oxygens (including phenoxy) is 1. The van der Waals surface area contributed by atoms with Crippen molar-refractivity contribution in [3.05, 3.63) is 65.0 Å². The summed E-state index contributed by atoms with van der Waals surface area (Å²) in [5, 5.41) is 16.2. The number of esters is 1. The molecule has 1 aromatic heterocycles. The number of benzene rings is 1. The van der Waals surface area contributed by atoms with E-state index >= 15 is 0 Å². The van der Waals surface area contributed by atoms with Crippen molar-refractivity contribution in [2.75, 3.05) is 0 Å². The number of carbonyl (C=O) groups excluding carboxylic acids is 3. The molecule has 2 amide bonds. The lowest BCUT2D eigenvalue weighted by Gasteiger charge is -2.53. The molecule has 8 rings (SSSR count). The maximum absolute atomic E-state index is 13.5. The molecule has 2 aliphatic heterocycles. The molecule has 2 saturated heterocycles. The first-order valence-corrected chi connectivity index (χ1v) is 18.9. The number of hydrogen-bond donors (Lipinski definition) is 2. The number of aryl methyl sites for hydroxylation is 1. The molecule has 2 aromatic rings. The Bertz CT molecular complexity index is 1830.